The third kappa shape index (κ3) is 6.81. The molecule has 0 unspecified atom stereocenters. The van der Waals surface area contributed by atoms with Crippen LogP contribution in [0.3, 0.4) is 0 Å². The summed E-state index contributed by atoms with van der Waals surface area (Å²) in [5, 5.41) is 2.65. The average Bonchev–Trinajstić information content (AvgIpc) is 2.61. The molecule has 0 heterocycles. The van der Waals surface area contributed by atoms with Crippen molar-refractivity contribution in [1.29, 1.82) is 0 Å². The summed E-state index contributed by atoms with van der Waals surface area (Å²) in [6.07, 6.45) is 0.297. The van der Waals surface area contributed by atoms with Gasteiger partial charge in [-0.15, -0.1) is 0 Å². The molecule has 0 aliphatic rings. The lowest BCUT2D eigenvalue weighted by atomic mass is 10.1. The van der Waals surface area contributed by atoms with Gasteiger partial charge in [-0.25, -0.2) is 4.79 Å². The summed E-state index contributed by atoms with van der Waals surface area (Å²) >= 11 is 0. The molecule has 0 fully saturated rings. The molecular formula is C23H25NO4. The fourth-order valence-corrected chi connectivity index (χ4v) is 2.29. The molecular weight excluding hydrogens is 354 g/mol. The third-order valence-electron chi connectivity index (χ3n) is 3.44. The normalized spacial score (nSPS) is 10.4. The van der Waals surface area contributed by atoms with Gasteiger partial charge in [0.25, 0.3) is 0 Å². The monoisotopic (exact) mass is 379 g/mol. The van der Waals surface area contributed by atoms with Gasteiger partial charge in [0, 0.05) is 12.0 Å². The van der Waals surface area contributed by atoms with Crippen LogP contribution in [-0.2, 0) is 9.53 Å². The lowest BCUT2D eigenvalue weighted by Gasteiger charge is -2.20. The molecule has 0 saturated carbocycles. The van der Waals surface area contributed by atoms with Crippen LogP contribution in [0.4, 0.5) is 10.5 Å². The van der Waals surface area contributed by atoms with E-state index in [1.807, 2.05) is 37.3 Å². The Balaban J connectivity index is 2.37. The maximum atomic E-state index is 12.2. The summed E-state index contributed by atoms with van der Waals surface area (Å²) in [5.74, 6) is 5.89. The van der Waals surface area contributed by atoms with Crippen LogP contribution < -0.4 is 10.1 Å². The fourth-order valence-electron chi connectivity index (χ4n) is 2.29. The van der Waals surface area contributed by atoms with E-state index >= 15 is 0 Å². The van der Waals surface area contributed by atoms with Crippen LogP contribution in [-0.4, -0.2) is 17.7 Å². The Bertz CT molecular complexity index is 886. The van der Waals surface area contributed by atoms with Gasteiger partial charge in [0.2, 0.25) is 0 Å². The number of nitrogens with one attached hydrogen (secondary N) is 1. The molecule has 2 aromatic rings. The molecule has 1 N–H and O–H groups in total. The van der Waals surface area contributed by atoms with Crippen molar-refractivity contribution in [3.05, 3.63) is 59.7 Å². The lowest BCUT2D eigenvalue weighted by molar-refractivity contribution is -0.134. The SMILES string of the molecule is CCCC(=O)Oc1c(C#Cc2ccccc2)cccc1NC(=O)OC(C)(C)C. The van der Waals surface area contributed by atoms with Crippen molar-refractivity contribution in [2.45, 2.75) is 46.1 Å². The van der Waals surface area contributed by atoms with Gasteiger partial charge >= 0.3 is 12.1 Å². The van der Waals surface area contributed by atoms with Gasteiger partial charge in [-0.2, -0.15) is 0 Å². The van der Waals surface area contributed by atoms with Crippen LogP contribution in [0, 0.1) is 11.8 Å². The molecule has 1 amide bonds. The molecule has 146 valence electrons. The predicted octanol–water partition coefficient (Wildman–Crippen LogP) is 5.14. The Kier molecular flexibility index (Phi) is 7.22. The second-order valence-electron chi connectivity index (χ2n) is 7.15. The molecule has 28 heavy (non-hydrogen) atoms. The summed E-state index contributed by atoms with van der Waals surface area (Å²) in [7, 11) is 0. The summed E-state index contributed by atoms with van der Waals surface area (Å²) in [5.41, 5.74) is 1.02. The van der Waals surface area contributed by atoms with Crippen molar-refractivity contribution < 1.29 is 19.1 Å². The Hall–Kier alpha value is -3.26. The minimum Gasteiger partial charge on any atom is -0.444 e. The van der Waals surface area contributed by atoms with Crippen molar-refractivity contribution in [3.63, 3.8) is 0 Å². The number of anilines is 1. The smallest absolute Gasteiger partial charge is 0.412 e. The van der Waals surface area contributed by atoms with E-state index in [0.717, 1.165) is 5.56 Å². The minimum absolute atomic E-state index is 0.218. The first-order chi connectivity index (χ1) is 13.3. The molecule has 0 aliphatic carbocycles. The van der Waals surface area contributed by atoms with E-state index in [0.29, 0.717) is 17.7 Å². The number of rotatable bonds is 4. The van der Waals surface area contributed by atoms with Gasteiger partial charge in [0.1, 0.15) is 5.60 Å². The second kappa shape index (κ2) is 9.61. The summed E-state index contributed by atoms with van der Waals surface area (Å²) in [6.45, 7) is 7.21. The number of hydrogen-bond acceptors (Lipinski definition) is 4. The van der Waals surface area contributed by atoms with Gasteiger partial charge in [-0.1, -0.05) is 43.0 Å². The van der Waals surface area contributed by atoms with Crippen LogP contribution in [0.25, 0.3) is 0 Å². The largest absolute Gasteiger partial charge is 0.444 e. The number of carbonyl (C=O) groups excluding carboxylic acids is 2. The van der Waals surface area contributed by atoms with E-state index in [1.165, 1.54) is 0 Å². The topological polar surface area (TPSA) is 64.6 Å². The molecule has 0 radical (unpaired) electrons. The molecule has 0 aromatic heterocycles. The Labute approximate surface area is 166 Å². The van der Waals surface area contributed by atoms with Crippen LogP contribution in [0.5, 0.6) is 5.75 Å². The zero-order valence-electron chi connectivity index (χ0n) is 16.7. The molecule has 0 aliphatic heterocycles. The van der Waals surface area contributed by atoms with E-state index in [9.17, 15) is 9.59 Å². The number of para-hydroxylation sites is 1. The highest BCUT2D eigenvalue weighted by Gasteiger charge is 2.19. The van der Waals surface area contributed by atoms with Crippen LogP contribution in [0.1, 0.15) is 51.7 Å². The van der Waals surface area contributed by atoms with Crippen LogP contribution in [0.2, 0.25) is 0 Å². The standard InChI is InChI=1S/C23H25NO4/c1-5-10-20(25)27-21-18(16-15-17-11-7-6-8-12-17)13-9-14-19(21)24-22(26)28-23(2,3)4/h6-9,11-14H,5,10H2,1-4H3,(H,24,26). The predicted molar refractivity (Wildman–Crippen MR) is 109 cm³/mol. The number of esters is 1. The third-order valence-corrected chi connectivity index (χ3v) is 3.44. The summed E-state index contributed by atoms with van der Waals surface area (Å²) in [6, 6.07) is 14.6. The Morgan fingerprint density at radius 2 is 1.71 bits per heavy atom. The van der Waals surface area contributed by atoms with Crippen molar-refractivity contribution >= 4 is 17.7 Å². The Morgan fingerprint density at radius 1 is 1.00 bits per heavy atom. The number of ether oxygens (including phenoxy) is 2. The molecule has 5 nitrogen and oxygen atoms in total. The van der Waals surface area contributed by atoms with Crippen molar-refractivity contribution in [3.8, 4) is 17.6 Å². The van der Waals surface area contributed by atoms with Crippen molar-refractivity contribution in [1.82, 2.24) is 0 Å². The van der Waals surface area contributed by atoms with Crippen LogP contribution in [0.15, 0.2) is 48.5 Å². The van der Waals surface area contributed by atoms with Gasteiger partial charge in [0.05, 0.1) is 11.3 Å². The number of hydrogen-bond donors (Lipinski definition) is 1. The average molecular weight is 379 g/mol. The zero-order valence-corrected chi connectivity index (χ0v) is 16.7. The van der Waals surface area contributed by atoms with E-state index in [-0.39, 0.29) is 18.1 Å². The van der Waals surface area contributed by atoms with E-state index in [4.69, 9.17) is 9.47 Å². The first-order valence-corrected chi connectivity index (χ1v) is 9.19. The quantitative estimate of drug-likeness (QED) is 0.454. The number of benzene rings is 2. The first kappa shape index (κ1) is 21.0. The molecule has 0 atom stereocenters. The summed E-state index contributed by atoms with van der Waals surface area (Å²) in [4.78, 5) is 24.3. The molecule has 0 bridgehead atoms. The molecule has 0 saturated heterocycles. The molecule has 2 aromatic carbocycles. The molecule has 0 spiro atoms. The number of carbonyl (C=O) groups is 2. The first-order valence-electron chi connectivity index (χ1n) is 9.19. The van der Waals surface area contributed by atoms with E-state index in [1.54, 1.807) is 39.0 Å². The molecule has 5 heteroatoms. The highest BCUT2D eigenvalue weighted by molar-refractivity contribution is 5.89. The van der Waals surface area contributed by atoms with Gasteiger partial charge < -0.3 is 9.47 Å². The zero-order chi connectivity index (χ0) is 20.6. The minimum atomic E-state index is -0.645. The van der Waals surface area contributed by atoms with Crippen molar-refractivity contribution in [2.75, 3.05) is 5.32 Å². The van der Waals surface area contributed by atoms with E-state index in [2.05, 4.69) is 17.2 Å². The van der Waals surface area contributed by atoms with Gasteiger partial charge in [0.15, 0.2) is 5.75 Å². The van der Waals surface area contributed by atoms with Gasteiger partial charge in [-0.3, -0.25) is 10.1 Å². The maximum absolute atomic E-state index is 12.2. The summed E-state index contributed by atoms with van der Waals surface area (Å²) < 4.78 is 10.8. The molecule has 2 rings (SSSR count). The second-order valence-corrected chi connectivity index (χ2v) is 7.15. The highest BCUT2D eigenvalue weighted by atomic mass is 16.6. The van der Waals surface area contributed by atoms with E-state index < -0.39 is 11.7 Å². The van der Waals surface area contributed by atoms with Crippen molar-refractivity contribution in [2.24, 2.45) is 0 Å². The maximum Gasteiger partial charge on any atom is 0.412 e. The van der Waals surface area contributed by atoms with Gasteiger partial charge in [-0.05, 0) is 51.5 Å². The highest BCUT2D eigenvalue weighted by Crippen LogP contribution is 2.30. The lowest BCUT2D eigenvalue weighted by Crippen LogP contribution is -2.27. The fraction of sp³-hybridized carbons (Fsp3) is 0.304. The Morgan fingerprint density at radius 3 is 2.36 bits per heavy atom. The van der Waals surface area contributed by atoms with Crippen LogP contribution >= 0.6 is 0 Å². The number of amides is 1.